The van der Waals surface area contributed by atoms with Gasteiger partial charge in [0.05, 0.1) is 34.4 Å². The molecule has 0 atom stereocenters. The Labute approximate surface area is 149 Å². The van der Waals surface area contributed by atoms with Gasteiger partial charge in [-0.3, -0.25) is 9.36 Å². The zero-order chi connectivity index (χ0) is 16.7. The minimum Gasteiger partial charge on any atom is -0.334 e. The van der Waals surface area contributed by atoms with Gasteiger partial charge < -0.3 is 4.52 Å². The molecule has 0 N–H and O–H groups in total. The third kappa shape index (κ3) is 2.71. The predicted molar refractivity (Wildman–Crippen MR) is 92.7 cm³/mol. The van der Waals surface area contributed by atoms with Gasteiger partial charge >= 0.3 is 0 Å². The number of fused-ring (bicyclic) bond motifs is 1. The number of aromatic nitrogens is 4. The van der Waals surface area contributed by atoms with E-state index in [0.29, 0.717) is 32.7 Å². The molecule has 0 aliphatic carbocycles. The Morgan fingerprint density at radius 2 is 2.17 bits per heavy atom. The Hall–Kier alpha value is -2.22. The Morgan fingerprint density at radius 1 is 1.29 bits per heavy atom. The fourth-order valence-electron chi connectivity index (χ4n) is 2.28. The molecule has 0 saturated heterocycles. The predicted octanol–water partition coefficient (Wildman–Crippen LogP) is 3.86. The average molecular weight is 379 g/mol. The molecule has 0 radical (unpaired) electrons. The second-order valence-corrected chi connectivity index (χ2v) is 6.61. The molecule has 4 rings (SSSR count). The van der Waals surface area contributed by atoms with Crippen LogP contribution in [0.4, 0.5) is 0 Å². The van der Waals surface area contributed by atoms with Crippen LogP contribution in [-0.4, -0.2) is 19.7 Å². The molecule has 0 unspecified atom stereocenters. The number of rotatable bonds is 3. The van der Waals surface area contributed by atoms with Crippen molar-refractivity contribution in [3.05, 3.63) is 61.5 Å². The van der Waals surface area contributed by atoms with Gasteiger partial charge in [0.1, 0.15) is 0 Å². The van der Waals surface area contributed by atoms with Crippen molar-refractivity contribution in [2.24, 2.45) is 0 Å². The highest BCUT2D eigenvalue weighted by atomic mass is 35.5. The van der Waals surface area contributed by atoms with E-state index in [0.717, 1.165) is 5.56 Å². The summed E-state index contributed by atoms with van der Waals surface area (Å²) in [6.07, 6.45) is 1.41. The molecule has 0 aliphatic heterocycles. The molecule has 24 heavy (non-hydrogen) atoms. The average Bonchev–Trinajstić information content (AvgIpc) is 3.21. The molecule has 1 aromatic carbocycles. The summed E-state index contributed by atoms with van der Waals surface area (Å²) in [7, 11) is 0. The Balaban J connectivity index is 1.73. The highest BCUT2D eigenvalue weighted by molar-refractivity contribution is 7.08. The number of nitrogens with zero attached hydrogens (tertiary/aromatic N) is 4. The van der Waals surface area contributed by atoms with Gasteiger partial charge in [-0.05, 0) is 23.6 Å². The second-order valence-electron chi connectivity index (χ2n) is 4.99. The van der Waals surface area contributed by atoms with Crippen molar-refractivity contribution in [3.8, 4) is 11.5 Å². The summed E-state index contributed by atoms with van der Waals surface area (Å²) in [5, 5.41) is 8.79. The summed E-state index contributed by atoms with van der Waals surface area (Å²) in [6, 6.07) is 4.98. The van der Waals surface area contributed by atoms with Crippen LogP contribution in [0.3, 0.4) is 0 Å². The summed E-state index contributed by atoms with van der Waals surface area (Å²) < 4.78 is 6.60. The Morgan fingerprint density at radius 3 is 2.96 bits per heavy atom. The van der Waals surface area contributed by atoms with Gasteiger partial charge in [-0.1, -0.05) is 28.4 Å². The van der Waals surface area contributed by atoms with Crippen LogP contribution in [0.15, 0.2) is 44.6 Å². The smallest absolute Gasteiger partial charge is 0.261 e. The van der Waals surface area contributed by atoms with Crippen molar-refractivity contribution in [1.82, 2.24) is 19.7 Å². The van der Waals surface area contributed by atoms with Crippen LogP contribution in [0.25, 0.3) is 22.4 Å². The lowest BCUT2D eigenvalue weighted by atomic mass is 10.2. The molecule has 120 valence electrons. The fraction of sp³-hybridized carbons (Fsp3) is 0.0667. The van der Waals surface area contributed by atoms with Gasteiger partial charge in [-0.2, -0.15) is 16.3 Å². The summed E-state index contributed by atoms with van der Waals surface area (Å²) in [6.45, 7) is 0.138. The summed E-state index contributed by atoms with van der Waals surface area (Å²) in [5.41, 5.74) is 0.988. The van der Waals surface area contributed by atoms with Gasteiger partial charge in [0.15, 0.2) is 5.82 Å². The number of hydrogen-bond donors (Lipinski definition) is 0. The van der Waals surface area contributed by atoms with Crippen molar-refractivity contribution in [2.45, 2.75) is 6.54 Å². The topological polar surface area (TPSA) is 73.8 Å². The van der Waals surface area contributed by atoms with Gasteiger partial charge in [0.25, 0.3) is 11.4 Å². The van der Waals surface area contributed by atoms with Gasteiger partial charge in [-0.25, -0.2) is 4.98 Å². The quantitative estimate of drug-likeness (QED) is 0.540. The summed E-state index contributed by atoms with van der Waals surface area (Å²) in [5.74, 6) is 0.798. The fourth-order valence-corrected chi connectivity index (χ4v) is 3.45. The molecule has 0 bridgehead atoms. The molecule has 0 spiro atoms. The number of benzene rings is 1. The van der Waals surface area contributed by atoms with Crippen LogP contribution >= 0.6 is 34.5 Å². The van der Waals surface area contributed by atoms with Crippen molar-refractivity contribution >= 4 is 45.4 Å². The number of halogens is 2. The lowest BCUT2D eigenvalue weighted by Crippen LogP contribution is -2.21. The standard InChI is InChI=1S/C15H8Cl2N4O2S/c16-9-3-10-13(11(17)4-9)18-7-21(15(10)22)5-12-19-14(23-20-12)8-1-2-24-6-8/h1-4,6-7H,5H2. The highest BCUT2D eigenvalue weighted by Gasteiger charge is 2.13. The highest BCUT2D eigenvalue weighted by Crippen LogP contribution is 2.24. The monoisotopic (exact) mass is 378 g/mol. The molecule has 4 aromatic rings. The van der Waals surface area contributed by atoms with Gasteiger partial charge in [0, 0.05) is 10.4 Å². The van der Waals surface area contributed by atoms with Crippen LogP contribution in [0, 0.1) is 0 Å². The Kier molecular flexibility index (Phi) is 3.84. The molecule has 0 aliphatic rings. The van der Waals surface area contributed by atoms with Gasteiger partial charge in [-0.15, -0.1) is 0 Å². The second kappa shape index (κ2) is 6.01. The van der Waals surface area contributed by atoms with E-state index in [1.54, 1.807) is 12.1 Å². The van der Waals surface area contributed by atoms with E-state index >= 15 is 0 Å². The SMILES string of the molecule is O=c1c2cc(Cl)cc(Cl)c2ncn1Cc1noc(-c2ccsc2)n1. The first-order valence-electron chi connectivity index (χ1n) is 6.81. The molecular weight excluding hydrogens is 371 g/mol. The minimum absolute atomic E-state index is 0.138. The van der Waals surface area contributed by atoms with Crippen LogP contribution < -0.4 is 5.56 Å². The first-order chi connectivity index (χ1) is 11.6. The summed E-state index contributed by atoms with van der Waals surface area (Å²) in [4.78, 5) is 21.1. The molecule has 6 nitrogen and oxygen atoms in total. The molecule has 9 heteroatoms. The molecule has 3 aromatic heterocycles. The maximum atomic E-state index is 12.6. The van der Waals surface area contributed by atoms with E-state index in [1.807, 2.05) is 16.8 Å². The van der Waals surface area contributed by atoms with E-state index in [2.05, 4.69) is 15.1 Å². The number of hydrogen-bond acceptors (Lipinski definition) is 6. The van der Waals surface area contributed by atoms with E-state index in [1.165, 1.54) is 22.2 Å². The Bertz CT molecular complexity index is 1090. The van der Waals surface area contributed by atoms with Crippen molar-refractivity contribution in [1.29, 1.82) is 0 Å². The normalized spacial score (nSPS) is 11.2. The molecule has 0 amide bonds. The van der Waals surface area contributed by atoms with E-state index < -0.39 is 0 Å². The van der Waals surface area contributed by atoms with Crippen LogP contribution in [-0.2, 0) is 6.54 Å². The molecule has 3 heterocycles. The molecule has 0 saturated carbocycles. The lowest BCUT2D eigenvalue weighted by Gasteiger charge is -2.05. The number of thiophene rings is 1. The lowest BCUT2D eigenvalue weighted by molar-refractivity contribution is 0.420. The minimum atomic E-state index is -0.272. The maximum absolute atomic E-state index is 12.6. The molecule has 0 fully saturated rings. The first-order valence-corrected chi connectivity index (χ1v) is 8.51. The van der Waals surface area contributed by atoms with Crippen LogP contribution in [0.2, 0.25) is 10.0 Å². The first kappa shape index (κ1) is 15.3. The van der Waals surface area contributed by atoms with Crippen molar-refractivity contribution in [3.63, 3.8) is 0 Å². The van der Waals surface area contributed by atoms with Crippen molar-refractivity contribution < 1.29 is 4.52 Å². The third-order valence-electron chi connectivity index (χ3n) is 3.39. The van der Waals surface area contributed by atoms with Crippen LogP contribution in [0.1, 0.15) is 5.82 Å². The van der Waals surface area contributed by atoms with Crippen molar-refractivity contribution in [2.75, 3.05) is 0 Å². The summed E-state index contributed by atoms with van der Waals surface area (Å²) >= 11 is 13.6. The largest absolute Gasteiger partial charge is 0.334 e. The zero-order valence-corrected chi connectivity index (χ0v) is 14.3. The zero-order valence-electron chi connectivity index (χ0n) is 11.9. The van der Waals surface area contributed by atoms with Crippen LogP contribution in [0.5, 0.6) is 0 Å². The van der Waals surface area contributed by atoms with E-state index in [-0.39, 0.29) is 12.1 Å². The maximum Gasteiger partial charge on any atom is 0.261 e. The molecular formula is C15H8Cl2N4O2S. The van der Waals surface area contributed by atoms with E-state index in [4.69, 9.17) is 27.7 Å². The third-order valence-corrected chi connectivity index (χ3v) is 4.58. The van der Waals surface area contributed by atoms with E-state index in [9.17, 15) is 4.79 Å². The van der Waals surface area contributed by atoms with Gasteiger partial charge in [0.2, 0.25) is 0 Å².